The Labute approximate surface area is 94.0 Å². The van der Waals surface area contributed by atoms with Crippen molar-refractivity contribution in [2.75, 3.05) is 7.05 Å². The van der Waals surface area contributed by atoms with E-state index in [4.69, 9.17) is 4.42 Å². The molecule has 1 rings (SSSR count). The van der Waals surface area contributed by atoms with E-state index in [2.05, 4.69) is 5.32 Å². The minimum atomic E-state index is -4.96. The van der Waals surface area contributed by atoms with Gasteiger partial charge in [-0.05, 0) is 6.07 Å². The molecule has 0 fully saturated rings. The number of nitrogens with one attached hydrogen (secondary N) is 2. The predicted molar refractivity (Wildman–Crippen MR) is 50.0 cm³/mol. The minimum absolute atomic E-state index is 0.0399. The van der Waals surface area contributed by atoms with Crippen LogP contribution in [0.3, 0.4) is 0 Å². The third-order valence-corrected chi connectivity index (χ3v) is 1.88. The minimum Gasteiger partial charge on any atom is -0.467 e. The number of halogens is 3. The van der Waals surface area contributed by atoms with Gasteiger partial charge in [0, 0.05) is 7.05 Å². The Kier molecular flexibility index (Phi) is 3.77. The number of furan rings is 1. The summed E-state index contributed by atoms with van der Waals surface area (Å²) >= 11 is 0. The van der Waals surface area contributed by atoms with E-state index in [0.717, 1.165) is 6.26 Å². The second-order valence-electron chi connectivity index (χ2n) is 3.02. The van der Waals surface area contributed by atoms with Gasteiger partial charge in [0.15, 0.2) is 0 Å². The molecule has 0 saturated carbocycles. The number of amides is 2. The van der Waals surface area contributed by atoms with E-state index in [0.29, 0.717) is 0 Å². The molecule has 0 spiro atoms. The molecule has 17 heavy (non-hydrogen) atoms. The second-order valence-corrected chi connectivity index (χ2v) is 3.02. The monoisotopic (exact) mass is 250 g/mol. The van der Waals surface area contributed by atoms with Crippen molar-refractivity contribution in [3.8, 4) is 0 Å². The molecule has 0 atom stereocenters. The third kappa shape index (κ3) is 3.23. The Morgan fingerprint density at radius 3 is 2.59 bits per heavy atom. The van der Waals surface area contributed by atoms with E-state index >= 15 is 0 Å². The molecule has 1 heterocycles. The van der Waals surface area contributed by atoms with Crippen molar-refractivity contribution in [3.63, 3.8) is 0 Å². The smallest absolute Gasteiger partial charge is 0.467 e. The van der Waals surface area contributed by atoms with Crippen LogP contribution in [0.5, 0.6) is 0 Å². The lowest BCUT2D eigenvalue weighted by Gasteiger charge is -2.07. The number of hydrogen-bond acceptors (Lipinski definition) is 3. The zero-order valence-corrected chi connectivity index (χ0v) is 8.72. The van der Waals surface area contributed by atoms with E-state index in [-0.39, 0.29) is 11.3 Å². The summed E-state index contributed by atoms with van der Waals surface area (Å²) in [6.45, 7) is -0.506. The van der Waals surface area contributed by atoms with E-state index in [1.807, 2.05) is 0 Å². The van der Waals surface area contributed by atoms with Crippen molar-refractivity contribution in [2.24, 2.45) is 0 Å². The van der Waals surface area contributed by atoms with Crippen LogP contribution in [0.1, 0.15) is 16.1 Å². The van der Waals surface area contributed by atoms with E-state index in [1.54, 1.807) is 5.32 Å². The SMILES string of the molecule is CNC(=O)c1ccoc1CNC(=O)C(F)(F)F. The fourth-order valence-corrected chi connectivity index (χ4v) is 1.08. The van der Waals surface area contributed by atoms with Gasteiger partial charge in [-0.1, -0.05) is 0 Å². The maximum absolute atomic E-state index is 11.9. The van der Waals surface area contributed by atoms with Gasteiger partial charge in [0.1, 0.15) is 5.76 Å². The maximum atomic E-state index is 11.9. The largest absolute Gasteiger partial charge is 0.471 e. The highest BCUT2D eigenvalue weighted by molar-refractivity contribution is 5.95. The van der Waals surface area contributed by atoms with Gasteiger partial charge in [-0.2, -0.15) is 13.2 Å². The van der Waals surface area contributed by atoms with Crippen LogP contribution < -0.4 is 10.6 Å². The van der Waals surface area contributed by atoms with Crippen molar-refractivity contribution >= 4 is 11.8 Å². The molecule has 1 aromatic rings. The topological polar surface area (TPSA) is 71.3 Å². The maximum Gasteiger partial charge on any atom is 0.471 e. The first-order valence-corrected chi connectivity index (χ1v) is 4.49. The van der Waals surface area contributed by atoms with Crippen LogP contribution in [0.25, 0.3) is 0 Å². The van der Waals surface area contributed by atoms with E-state index in [1.165, 1.54) is 13.1 Å². The molecule has 0 aliphatic heterocycles. The first-order chi connectivity index (χ1) is 7.86. The summed E-state index contributed by atoms with van der Waals surface area (Å²) < 4.78 is 40.5. The second kappa shape index (κ2) is 4.89. The first kappa shape index (κ1) is 13.1. The Morgan fingerprint density at radius 1 is 1.41 bits per heavy atom. The third-order valence-electron chi connectivity index (χ3n) is 1.88. The molecule has 0 aromatic carbocycles. The van der Waals surface area contributed by atoms with E-state index in [9.17, 15) is 22.8 Å². The lowest BCUT2D eigenvalue weighted by molar-refractivity contribution is -0.173. The highest BCUT2D eigenvalue weighted by Crippen LogP contribution is 2.15. The summed E-state index contributed by atoms with van der Waals surface area (Å²) in [6.07, 6.45) is -3.81. The normalized spacial score (nSPS) is 11.1. The number of rotatable bonds is 3. The van der Waals surface area contributed by atoms with Crippen molar-refractivity contribution < 1.29 is 27.2 Å². The number of alkyl halides is 3. The standard InChI is InChI=1S/C9H9F3N2O3/c1-13-7(15)5-2-3-17-6(5)4-14-8(16)9(10,11)12/h2-3H,4H2,1H3,(H,13,15)(H,14,16). The van der Waals surface area contributed by atoms with Crippen LogP contribution in [0.15, 0.2) is 16.7 Å². The highest BCUT2D eigenvalue weighted by atomic mass is 19.4. The van der Waals surface area contributed by atoms with Crippen molar-refractivity contribution in [1.82, 2.24) is 10.6 Å². The number of hydrogen-bond donors (Lipinski definition) is 2. The zero-order valence-electron chi connectivity index (χ0n) is 8.72. The molecule has 0 aliphatic carbocycles. The number of carbonyl (C=O) groups excluding carboxylic acids is 2. The van der Waals surface area contributed by atoms with Gasteiger partial charge in [-0.25, -0.2) is 0 Å². The van der Waals surface area contributed by atoms with Crippen LogP contribution in [0.4, 0.5) is 13.2 Å². The van der Waals surface area contributed by atoms with Crippen LogP contribution in [-0.4, -0.2) is 25.0 Å². The molecule has 0 aliphatic rings. The Balaban J connectivity index is 2.68. The molecule has 2 amide bonds. The average Bonchev–Trinajstić information content (AvgIpc) is 2.71. The van der Waals surface area contributed by atoms with Crippen molar-refractivity contribution in [1.29, 1.82) is 0 Å². The summed E-state index contributed by atoms with van der Waals surface area (Å²) in [7, 11) is 1.37. The predicted octanol–water partition coefficient (Wildman–Crippen LogP) is 0.818. The van der Waals surface area contributed by atoms with Gasteiger partial charge in [0.25, 0.3) is 5.91 Å². The Morgan fingerprint density at radius 2 is 2.06 bits per heavy atom. The van der Waals surface area contributed by atoms with E-state index < -0.39 is 24.5 Å². The quantitative estimate of drug-likeness (QED) is 0.834. The van der Waals surface area contributed by atoms with Gasteiger partial charge in [0.2, 0.25) is 0 Å². The van der Waals surface area contributed by atoms with Crippen molar-refractivity contribution in [3.05, 3.63) is 23.7 Å². The highest BCUT2D eigenvalue weighted by Gasteiger charge is 2.38. The summed E-state index contributed by atoms with van der Waals surface area (Å²) in [5.74, 6) is -2.63. The molecule has 8 heteroatoms. The van der Waals surface area contributed by atoms with Crippen molar-refractivity contribution in [2.45, 2.75) is 12.7 Å². The summed E-state index contributed by atoms with van der Waals surface area (Å²) in [6, 6.07) is 1.30. The molecule has 94 valence electrons. The Hall–Kier alpha value is -1.99. The number of carbonyl (C=O) groups is 2. The molecule has 0 bridgehead atoms. The summed E-state index contributed by atoms with van der Waals surface area (Å²) in [4.78, 5) is 21.8. The van der Waals surface area contributed by atoms with Gasteiger partial charge >= 0.3 is 12.1 Å². The van der Waals surface area contributed by atoms with Gasteiger partial charge in [-0.3, -0.25) is 9.59 Å². The average molecular weight is 250 g/mol. The zero-order chi connectivity index (χ0) is 13.1. The van der Waals surface area contributed by atoms with Gasteiger partial charge in [0.05, 0.1) is 18.4 Å². The molecule has 1 aromatic heterocycles. The van der Waals surface area contributed by atoms with Gasteiger partial charge < -0.3 is 15.1 Å². The Bertz CT molecular complexity index is 425. The lowest BCUT2D eigenvalue weighted by Crippen LogP contribution is -2.36. The molecule has 0 radical (unpaired) electrons. The van der Waals surface area contributed by atoms with Crippen LogP contribution in [-0.2, 0) is 11.3 Å². The van der Waals surface area contributed by atoms with Crippen LogP contribution in [0.2, 0.25) is 0 Å². The molecule has 0 saturated heterocycles. The summed E-state index contributed by atoms with van der Waals surface area (Å²) in [5, 5.41) is 3.90. The molecule has 5 nitrogen and oxygen atoms in total. The van der Waals surface area contributed by atoms with Crippen LogP contribution >= 0.6 is 0 Å². The van der Waals surface area contributed by atoms with Gasteiger partial charge in [-0.15, -0.1) is 0 Å². The fraction of sp³-hybridized carbons (Fsp3) is 0.333. The lowest BCUT2D eigenvalue weighted by atomic mass is 10.2. The molecule has 0 unspecified atom stereocenters. The molecular weight excluding hydrogens is 241 g/mol. The molecular formula is C9H9F3N2O3. The van der Waals surface area contributed by atoms with Crippen LogP contribution in [0, 0.1) is 0 Å². The summed E-state index contributed by atoms with van der Waals surface area (Å²) in [5.41, 5.74) is 0.0787. The first-order valence-electron chi connectivity index (χ1n) is 4.49. The molecule has 2 N–H and O–H groups in total. The fourth-order valence-electron chi connectivity index (χ4n) is 1.08.